The van der Waals surface area contributed by atoms with E-state index in [9.17, 15) is 15.0 Å². The highest BCUT2D eigenvalue weighted by Crippen LogP contribution is 2.49. The molecule has 0 spiro atoms. The number of aliphatic hydroxyl groups is 2. The zero-order chi connectivity index (χ0) is 18.2. The molecule has 2 aliphatic rings. The monoisotopic (exact) mass is 355 g/mol. The molecular formula is C19H33NO5. The average Bonchev–Trinajstić information content (AvgIpc) is 2.80. The minimum atomic E-state index is -1.01. The number of nitrogens with one attached hydrogen (secondary N) is 1. The number of allylic oxidation sites excluding steroid dienone is 1. The molecule has 4 atom stereocenters. The summed E-state index contributed by atoms with van der Waals surface area (Å²) in [4.78, 5) is 15.4. The molecule has 0 aliphatic heterocycles. The third-order valence-electron chi connectivity index (χ3n) is 5.54. The lowest BCUT2D eigenvalue weighted by molar-refractivity contribution is -0.144. The maximum Gasteiger partial charge on any atom is 0.332 e. The summed E-state index contributed by atoms with van der Waals surface area (Å²) in [5, 5.41) is 29.1. The molecule has 0 aromatic rings. The standard InChI is InChI=1S/C19H33NO5/c1-2-3-4-5-6-7-14(21)9-8-13-10-15-16(19(13)24)11-17(15)20-25-12-18(22)23/h13-14,16,19-21,24H,2-12H2,1H3,(H,22,23). The van der Waals surface area contributed by atoms with Gasteiger partial charge in [-0.25, -0.2) is 4.79 Å². The highest BCUT2D eigenvalue weighted by Gasteiger charge is 2.45. The van der Waals surface area contributed by atoms with Crippen LogP contribution >= 0.6 is 0 Å². The Morgan fingerprint density at radius 1 is 1.24 bits per heavy atom. The van der Waals surface area contributed by atoms with Gasteiger partial charge in [0, 0.05) is 11.6 Å². The van der Waals surface area contributed by atoms with Crippen LogP contribution in [0.15, 0.2) is 11.3 Å². The van der Waals surface area contributed by atoms with Crippen molar-refractivity contribution in [2.24, 2.45) is 11.8 Å². The quantitative estimate of drug-likeness (QED) is 0.299. The maximum absolute atomic E-state index is 10.5. The van der Waals surface area contributed by atoms with Gasteiger partial charge in [-0.15, -0.1) is 0 Å². The van der Waals surface area contributed by atoms with Gasteiger partial charge in [-0.3, -0.25) is 10.3 Å². The number of aliphatic hydroxyl groups excluding tert-OH is 2. The Kier molecular flexibility index (Phi) is 8.19. The van der Waals surface area contributed by atoms with Crippen LogP contribution in [0.2, 0.25) is 0 Å². The largest absolute Gasteiger partial charge is 0.479 e. The number of hydrogen-bond acceptors (Lipinski definition) is 5. The van der Waals surface area contributed by atoms with Crippen molar-refractivity contribution < 1.29 is 25.0 Å². The number of carboxylic acid groups (broad SMARTS) is 1. The highest BCUT2D eigenvalue weighted by molar-refractivity contribution is 5.67. The molecule has 0 bridgehead atoms. The molecule has 1 saturated carbocycles. The van der Waals surface area contributed by atoms with Gasteiger partial charge in [-0.05, 0) is 43.6 Å². The van der Waals surface area contributed by atoms with Gasteiger partial charge in [0.1, 0.15) is 0 Å². The molecule has 6 heteroatoms. The van der Waals surface area contributed by atoms with E-state index in [0.29, 0.717) is 6.42 Å². The van der Waals surface area contributed by atoms with Crippen molar-refractivity contribution in [1.82, 2.24) is 5.48 Å². The normalized spacial score (nSPS) is 26.3. The van der Waals surface area contributed by atoms with Crippen molar-refractivity contribution in [3.63, 3.8) is 0 Å². The number of carboxylic acids is 1. The first-order valence-corrected chi connectivity index (χ1v) is 9.70. The summed E-state index contributed by atoms with van der Waals surface area (Å²) in [5.74, 6) is -0.650. The molecule has 0 aromatic heterocycles. The summed E-state index contributed by atoms with van der Waals surface area (Å²) in [5.41, 5.74) is 4.80. The maximum atomic E-state index is 10.5. The van der Waals surface area contributed by atoms with Crippen LogP contribution < -0.4 is 5.48 Å². The van der Waals surface area contributed by atoms with E-state index in [1.807, 2.05) is 0 Å². The fourth-order valence-electron chi connectivity index (χ4n) is 4.00. The fraction of sp³-hybridized carbons (Fsp3) is 0.842. The number of hydroxylamine groups is 1. The third-order valence-corrected chi connectivity index (χ3v) is 5.54. The molecular weight excluding hydrogens is 322 g/mol. The molecule has 0 saturated heterocycles. The van der Waals surface area contributed by atoms with E-state index in [-0.39, 0.29) is 30.7 Å². The summed E-state index contributed by atoms with van der Waals surface area (Å²) in [6.07, 6.45) is 9.37. The lowest BCUT2D eigenvalue weighted by Gasteiger charge is -2.30. The first kappa shape index (κ1) is 20.2. The molecule has 6 nitrogen and oxygen atoms in total. The van der Waals surface area contributed by atoms with Crippen LogP contribution in [0.1, 0.15) is 71.1 Å². The molecule has 4 N–H and O–H groups in total. The molecule has 0 amide bonds. The molecule has 25 heavy (non-hydrogen) atoms. The molecule has 2 rings (SSSR count). The summed E-state index contributed by atoms with van der Waals surface area (Å²) in [7, 11) is 0. The van der Waals surface area contributed by atoms with E-state index >= 15 is 0 Å². The topological polar surface area (TPSA) is 99.0 Å². The molecule has 1 fully saturated rings. The Labute approximate surface area is 150 Å². The second-order valence-electron chi connectivity index (χ2n) is 7.49. The van der Waals surface area contributed by atoms with Crippen LogP contribution in [0, 0.1) is 11.8 Å². The molecule has 2 aliphatic carbocycles. The van der Waals surface area contributed by atoms with Crippen LogP contribution in [0.5, 0.6) is 0 Å². The minimum Gasteiger partial charge on any atom is -0.479 e. The zero-order valence-electron chi connectivity index (χ0n) is 15.2. The number of aliphatic carboxylic acids is 1. The summed E-state index contributed by atoms with van der Waals surface area (Å²) >= 11 is 0. The van der Waals surface area contributed by atoms with Gasteiger partial charge in [0.05, 0.1) is 12.2 Å². The average molecular weight is 355 g/mol. The van der Waals surface area contributed by atoms with Crippen LogP contribution in [-0.4, -0.2) is 40.1 Å². The van der Waals surface area contributed by atoms with Gasteiger partial charge >= 0.3 is 5.97 Å². The fourth-order valence-corrected chi connectivity index (χ4v) is 4.00. The van der Waals surface area contributed by atoms with Crippen LogP contribution in [-0.2, 0) is 9.63 Å². The van der Waals surface area contributed by atoms with Gasteiger partial charge in [0.25, 0.3) is 0 Å². The predicted molar refractivity (Wildman–Crippen MR) is 94.6 cm³/mol. The molecule has 144 valence electrons. The van der Waals surface area contributed by atoms with E-state index in [1.54, 1.807) is 0 Å². The van der Waals surface area contributed by atoms with Crippen LogP contribution in [0.3, 0.4) is 0 Å². The first-order valence-electron chi connectivity index (χ1n) is 9.70. The zero-order valence-corrected chi connectivity index (χ0v) is 15.2. The lowest BCUT2D eigenvalue weighted by Crippen LogP contribution is -2.32. The van der Waals surface area contributed by atoms with Gasteiger partial charge < -0.3 is 15.3 Å². The Bertz CT molecular complexity index is 465. The molecule has 0 aromatic carbocycles. The number of unbranched alkanes of at least 4 members (excludes halogenated alkanes) is 4. The van der Waals surface area contributed by atoms with Crippen LogP contribution in [0.25, 0.3) is 0 Å². The number of carbonyl (C=O) groups is 1. The number of hydrogen-bond donors (Lipinski definition) is 4. The van der Waals surface area contributed by atoms with E-state index in [4.69, 9.17) is 9.94 Å². The van der Waals surface area contributed by atoms with Crippen molar-refractivity contribution in [2.45, 2.75) is 83.3 Å². The van der Waals surface area contributed by atoms with Gasteiger partial charge in [0.2, 0.25) is 0 Å². The van der Waals surface area contributed by atoms with Crippen molar-refractivity contribution in [3.05, 3.63) is 11.3 Å². The SMILES string of the molecule is CCCCCCCC(O)CCC1CC2=C(NOCC(=O)O)CC2C1O. The Morgan fingerprint density at radius 2 is 2.00 bits per heavy atom. The minimum absolute atomic E-state index is 0.173. The van der Waals surface area contributed by atoms with E-state index < -0.39 is 5.97 Å². The predicted octanol–water partition coefficient (Wildman–Crippen LogP) is 2.75. The number of fused-ring (bicyclic) bond motifs is 1. The lowest BCUT2D eigenvalue weighted by atomic mass is 9.83. The van der Waals surface area contributed by atoms with Gasteiger partial charge in [0.15, 0.2) is 6.61 Å². The van der Waals surface area contributed by atoms with E-state index in [1.165, 1.54) is 25.7 Å². The van der Waals surface area contributed by atoms with Crippen molar-refractivity contribution in [3.8, 4) is 0 Å². The smallest absolute Gasteiger partial charge is 0.332 e. The van der Waals surface area contributed by atoms with Crippen molar-refractivity contribution >= 4 is 5.97 Å². The Balaban J connectivity index is 1.65. The first-order chi connectivity index (χ1) is 12.0. The third kappa shape index (κ3) is 5.97. The van der Waals surface area contributed by atoms with Crippen LogP contribution in [0.4, 0.5) is 0 Å². The Hall–Kier alpha value is -1.11. The van der Waals surface area contributed by atoms with Crippen molar-refractivity contribution in [2.75, 3.05) is 6.61 Å². The van der Waals surface area contributed by atoms with Gasteiger partial charge in [-0.2, -0.15) is 0 Å². The summed E-state index contributed by atoms with van der Waals surface area (Å²) < 4.78 is 0. The van der Waals surface area contributed by atoms with Gasteiger partial charge in [-0.1, -0.05) is 39.0 Å². The Morgan fingerprint density at radius 3 is 2.72 bits per heavy atom. The molecule has 4 unspecified atom stereocenters. The van der Waals surface area contributed by atoms with Crippen molar-refractivity contribution in [1.29, 1.82) is 0 Å². The second-order valence-corrected chi connectivity index (χ2v) is 7.49. The summed E-state index contributed by atoms with van der Waals surface area (Å²) in [6, 6.07) is 0. The molecule has 0 radical (unpaired) electrons. The molecule has 0 heterocycles. The van der Waals surface area contributed by atoms with E-state index in [0.717, 1.165) is 43.4 Å². The van der Waals surface area contributed by atoms with E-state index in [2.05, 4.69) is 12.4 Å². The number of rotatable bonds is 13. The summed E-state index contributed by atoms with van der Waals surface area (Å²) in [6.45, 7) is 1.82. The second kappa shape index (κ2) is 10.1. The highest BCUT2D eigenvalue weighted by atomic mass is 16.7.